The highest BCUT2D eigenvalue weighted by molar-refractivity contribution is 5.76. The van der Waals surface area contributed by atoms with Gasteiger partial charge < -0.3 is 25.0 Å². The fourth-order valence-corrected chi connectivity index (χ4v) is 4.45. The van der Waals surface area contributed by atoms with E-state index in [1.165, 1.54) is 17.2 Å². The molecule has 2 N–H and O–H groups in total. The summed E-state index contributed by atoms with van der Waals surface area (Å²) in [6.45, 7) is 7.18. The summed E-state index contributed by atoms with van der Waals surface area (Å²) in [6.07, 6.45) is 2.64. The first-order chi connectivity index (χ1) is 16.0. The summed E-state index contributed by atoms with van der Waals surface area (Å²) in [5, 5.41) is 6.68. The minimum atomic E-state index is -0.412. The van der Waals surface area contributed by atoms with E-state index in [-0.39, 0.29) is 11.8 Å². The van der Waals surface area contributed by atoms with Gasteiger partial charge in [0.1, 0.15) is 12.3 Å². The topological polar surface area (TPSA) is 71.5 Å². The highest BCUT2D eigenvalue weighted by atomic mass is 19.1. The number of nitrogens with one attached hydrogen (secondary N) is 2. The Morgan fingerprint density at radius 3 is 2.91 bits per heavy atom. The third-order valence-electron chi connectivity index (χ3n) is 6.13. The molecule has 33 heavy (non-hydrogen) atoms. The average molecular weight is 450 g/mol. The van der Waals surface area contributed by atoms with Crippen LogP contribution in [-0.2, 0) is 13.0 Å². The molecule has 0 unspecified atom stereocenters. The van der Waals surface area contributed by atoms with Crippen molar-refractivity contribution in [2.45, 2.75) is 32.9 Å². The van der Waals surface area contributed by atoms with E-state index in [1.54, 1.807) is 13.3 Å². The Balaban J connectivity index is 1.52. The second-order valence-corrected chi connectivity index (χ2v) is 8.59. The Bertz CT molecular complexity index is 1180. The smallest absolute Gasteiger partial charge is 0.227 e. The van der Waals surface area contributed by atoms with Crippen LogP contribution in [0.25, 0.3) is 11.3 Å². The van der Waals surface area contributed by atoms with Crippen LogP contribution in [-0.4, -0.2) is 42.8 Å². The molecule has 0 aliphatic carbocycles. The molecule has 0 saturated heterocycles. The number of ether oxygens (including phenoxy) is 2. The largest absolute Gasteiger partial charge is 0.493 e. The highest BCUT2D eigenvalue weighted by Crippen LogP contribution is 2.40. The fraction of sp³-hybridized carbons (Fsp3) is 0.360. The zero-order valence-electron chi connectivity index (χ0n) is 19.1. The van der Waals surface area contributed by atoms with Gasteiger partial charge in [-0.15, -0.1) is 0 Å². The Kier molecular flexibility index (Phi) is 5.76. The van der Waals surface area contributed by atoms with Gasteiger partial charge in [-0.25, -0.2) is 14.4 Å². The molecule has 7 nitrogen and oxygen atoms in total. The van der Waals surface area contributed by atoms with Crippen molar-refractivity contribution in [3.05, 3.63) is 53.5 Å². The molecule has 1 aromatic heterocycles. The van der Waals surface area contributed by atoms with E-state index < -0.39 is 5.82 Å². The lowest BCUT2D eigenvalue weighted by Crippen LogP contribution is -2.38. The van der Waals surface area contributed by atoms with Gasteiger partial charge in [-0.2, -0.15) is 0 Å². The first-order valence-electron chi connectivity index (χ1n) is 11.3. The van der Waals surface area contributed by atoms with Crippen molar-refractivity contribution < 1.29 is 13.9 Å². The lowest BCUT2D eigenvalue weighted by atomic mass is 10.0. The number of methoxy groups -OCH3 is 1. The van der Waals surface area contributed by atoms with Crippen LogP contribution in [0, 0.1) is 5.82 Å². The minimum absolute atomic E-state index is 0.213. The molecule has 0 atom stereocenters. The molecule has 8 heteroatoms. The van der Waals surface area contributed by atoms with Gasteiger partial charge in [-0.05, 0) is 62.2 Å². The Hall–Kier alpha value is -3.39. The van der Waals surface area contributed by atoms with Crippen molar-refractivity contribution in [3.63, 3.8) is 0 Å². The summed E-state index contributed by atoms with van der Waals surface area (Å²) in [6, 6.07) is 9.87. The number of rotatable bonds is 5. The first kappa shape index (κ1) is 21.5. The number of hydrogen-bond acceptors (Lipinski definition) is 7. The second-order valence-electron chi connectivity index (χ2n) is 8.59. The molecule has 0 radical (unpaired) electrons. The van der Waals surface area contributed by atoms with Crippen LogP contribution in [0.2, 0.25) is 0 Å². The quantitative estimate of drug-likeness (QED) is 0.602. The number of fused-ring (bicyclic) bond motifs is 2. The third-order valence-corrected chi connectivity index (χ3v) is 6.13. The molecular formula is C25H28FN5O2. The van der Waals surface area contributed by atoms with Gasteiger partial charge in [0, 0.05) is 23.8 Å². The molecule has 3 aromatic rings. The SMILES string of the molecule is COc1cnc(Nc2ccc3c(c2)CNCC3)nc1-c1cc(F)c2c(c1)N(C(C)C)CCO2. The molecular weight excluding hydrogens is 421 g/mol. The summed E-state index contributed by atoms with van der Waals surface area (Å²) < 4.78 is 26.2. The molecule has 0 saturated carbocycles. The van der Waals surface area contributed by atoms with Gasteiger partial charge >= 0.3 is 0 Å². The van der Waals surface area contributed by atoms with E-state index in [2.05, 4.69) is 46.5 Å². The Morgan fingerprint density at radius 1 is 1.21 bits per heavy atom. The number of aromatic nitrogens is 2. The van der Waals surface area contributed by atoms with Crippen molar-refractivity contribution in [1.29, 1.82) is 0 Å². The zero-order chi connectivity index (χ0) is 22.9. The standard InChI is InChI=1S/C25H28FN5O2/c1-15(2)31-8-9-33-24-20(26)11-17(12-21(24)31)23-22(32-3)14-28-25(30-23)29-19-5-4-16-6-7-27-13-18(16)10-19/h4-5,10-12,14-15,27H,6-9,13H2,1-3H3,(H,28,29,30). The maximum Gasteiger partial charge on any atom is 0.227 e. The molecule has 0 fully saturated rings. The van der Waals surface area contributed by atoms with Gasteiger partial charge in [-0.3, -0.25) is 0 Å². The number of benzene rings is 2. The van der Waals surface area contributed by atoms with Gasteiger partial charge in [0.05, 0.1) is 25.5 Å². The number of anilines is 3. The molecule has 5 rings (SSSR count). The van der Waals surface area contributed by atoms with Crippen LogP contribution >= 0.6 is 0 Å². The van der Waals surface area contributed by atoms with Crippen molar-refractivity contribution in [2.24, 2.45) is 0 Å². The molecule has 3 heterocycles. The summed E-state index contributed by atoms with van der Waals surface area (Å²) in [7, 11) is 1.56. The van der Waals surface area contributed by atoms with Crippen LogP contribution in [0.5, 0.6) is 11.5 Å². The van der Waals surface area contributed by atoms with Crippen molar-refractivity contribution >= 4 is 17.3 Å². The Labute approximate surface area is 193 Å². The summed E-state index contributed by atoms with van der Waals surface area (Å²) >= 11 is 0. The highest BCUT2D eigenvalue weighted by Gasteiger charge is 2.26. The van der Waals surface area contributed by atoms with Crippen LogP contribution in [0.1, 0.15) is 25.0 Å². The number of hydrogen-bond donors (Lipinski definition) is 2. The number of halogens is 1. The second kappa shape index (κ2) is 8.86. The van der Waals surface area contributed by atoms with Crippen molar-refractivity contribution in [2.75, 3.05) is 37.0 Å². The van der Waals surface area contributed by atoms with Gasteiger partial charge in [0.2, 0.25) is 5.95 Å². The summed E-state index contributed by atoms with van der Waals surface area (Å²) in [4.78, 5) is 11.2. The predicted octanol–water partition coefficient (Wildman–Crippen LogP) is 4.29. The van der Waals surface area contributed by atoms with E-state index in [1.807, 2.05) is 12.1 Å². The monoisotopic (exact) mass is 449 g/mol. The van der Waals surface area contributed by atoms with Crippen LogP contribution in [0.15, 0.2) is 36.5 Å². The molecule has 172 valence electrons. The Morgan fingerprint density at radius 2 is 2.09 bits per heavy atom. The lowest BCUT2D eigenvalue weighted by molar-refractivity contribution is 0.287. The summed E-state index contributed by atoms with van der Waals surface area (Å²) in [5.74, 6) is 0.768. The number of nitrogens with zero attached hydrogens (tertiary/aromatic N) is 3. The van der Waals surface area contributed by atoms with Gasteiger partial charge in [-0.1, -0.05) is 6.07 Å². The zero-order valence-corrected chi connectivity index (χ0v) is 19.1. The van der Waals surface area contributed by atoms with Crippen LogP contribution in [0.3, 0.4) is 0 Å². The van der Waals surface area contributed by atoms with E-state index >= 15 is 4.39 Å². The summed E-state index contributed by atoms with van der Waals surface area (Å²) in [5.41, 5.74) is 5.39. The predicted molar refractivity (Wildman–Crippen MR) is 127 cm³/mol. The molecule has 2 aromatic carbocycles. The maximum atomic E-state index is 15.0. The first-order valence-corrected chi connectivity index (χ1v) is 11.3. The van der Waals surface area contributed by atoms with Gasteiger partial charge in [0.25, 0.3) is 0 Å². The molecule has 2 aliphatic rings. The molecule has 0 spiro atoms. The van der Waals surface area contributed by atoms with E-state index in [0.717, 1.165) is 30.9 Å². The normalized spacial score (nSPS) is 15.0. The fourth-order valence-electron chi connectivity index (χ4n) is 4.45. The van der Waals surface area contributed by atoms with E-state index in [9.17, 15) is 0 Å². The lowest BCUT2D eigenvalue weighted by Gasteiger charge is -2.34. The van der Waals surface area contributed by atoms with Crippen molar-refractivity contribution in [3.8, 4) is 22.8 Å². The van der Waals surface area contributed by atoms with Crippen molar-refractivity contribution in [1.82, 2.24) is 15.3 Å². The van der Waals surface area contributed by atoms with E-state index in [0.29, 0.717) is 36.1 Å². The average Bonchev–Trinajstić information content (AvgIpc) is 2.83. The van der Waals surface area contributed by atoms with E-state index in [4.69, 9.17) is 14.5 Å². The third kappa shape index (κ3) is 4.18. The van der Waals surface area contributed by atoms with Crippen LogP contribution in [0.4, 0.5) is 21.7 Å². The van der Waals surface area contributed by atoms with Gasteiger partial charge in [0.15, 0.2) is 17.3 Å². The molecule has 2 aliphatic heterocycles. The minimum Gasteiger partial charge on any atom is -0.493 e. The molecule has 0 bridgehead atoms. The van der Waals surface area contributed by atoms with Crippen LogP contribution < -0.4 is 25.0 Å². The maximum absolute atomic E-state index is 15.0. The molecule has 0 amide bonds.